The molecule has 0 aliphatic carbocycles. The summed E-state index contributed by atoms with van der Waals surface area (Å²) in [6.07, 6.45) is 1.10. The van der Waals surface area contributed by atoms with Gasteiger partial charge in [-0.05, 0) is 31.0 Å². The van der Waals surface area contributed by atoms with Crippen LogP contribution in [0.25, 0.3) is 0 Å². The van der Waals surface area contributed by atoms with Gasteiger partial charge in [-0.25, -0.2) is 0 Å². The fourth-order valence-electron chi connectivity index (χ4n) is 4.54. The number of carbonyl (C=O) groups is 1. The number of para-hydroxylation sites is 1. The van der Waals surface area contributed by atoms with Gasteiger partial charge in [-0.1, -0.05) is 48.0 Å². The maximum absolute atomic E-state index is 12.9. The van der Waals surface area contributed by atoms with Gasteiger partial charge in [0.1, 0.15) is 0 Å². The molecule has 30 heavy (non-hydrogen) atoms. The van der Waals surface area contributed by atoms with E-state index in [0.717, 1.165) is 65.3 Å². The van der Waals surface area contributed by atoms with Crippen LogP contribution in [0.5, 0.6) is 0 Å². The van der Waals surface area contributed by atoms with Gasteiger partial charge in [0.15, 0.2) is 0 Å². The Balaban J connectivity index is 1.22. The standard InChI is InChI=1S/C25H34N4O/c1-22-7-5-8-23(19-22)20-27-14-17-29(18-15-27)25(30)21-26-11-6-12-28(16-13-26)24-9-3-2-4-10-24/h2-5,7-10,19H,6,11-18,20-21H2,1H3. The first kappa shape index (κ1) is 20.9. The second-order valence-corrected chi connectivity index (χ2v) is 8.60. The van der Waals surface area contributed by atoms with Crippen molar-refractivity contribution in [3.63, 3.8) is 0 Å². The summed E-state index contributed by atoms with van der Waals surface area (Å²) >= 11 is 0. The molecular formula is C25H34N4O. The van der Waals surface area contributed by atoms with Gasteiger partial charge in [-0.15, -0.1) is 0 Å². The van der Waals surface area contributed by atoms with Crippen LogP contribution >= 0.6 is 0 Å². The lowest BCUT2D eigenvalue weighted by Gasteiger charge is -2.35. The Morgan fingerprint density at radius 1 is 0.800 bits per heavy atom. The van der Waals surface area contributed by atoms with Crippen molar-refractivity contribution in [2.24, 2.45) is 0 Å². The molecule has 0 radical (unpaired) electrons. The molecule has 4 rings (SSSR count). The van der Waals surface area contributed by atoms with Crippen LogP contribution in [-0.2, 0) is 11.3 Å². The largest absolute Gasteiger partial charge is 0.370 e. The molecule has 0 bridgehead atoms. The summed E-state index contributed by atoms with van der Waals surface area (Å²) in [5, 5.41) is 0. The highest BCUT2D eigenvalue weighted by atomic mass is 16.2. The van der Waals surface area contributed by atoms with Crippen molar-refractivity contribution in [3.05, 3.63) is 65.7 Å². The second-order valence-electron chi connectivity index (χ2n) is 8.60. The van der Waals surface area contributed by atoms with Gasteiger partial charge in [0, 0.05) is 64.6 Å². The number of aryl methyl sites for hydroxylation is 1. The fourth-order valence-corrected chi connectivity index (χ4v) is 4.54. The van der Waals surface area contributed by atoms with Crippen molar-refractivity contribution < 1.29 is 4.79 Å². The first-order valence-electron chi connectivity index (χ1n) is 11.3. The molecule has 0 spiro atoms. The number of hydrogen-bond donors (Lipinski definition) is 0. The fraction of sp³-hybridized carbons (Fsp3) is 0.480. The second kappa shape index (κ2) is 10.1. The third-order valence-corrected chi connectivity index (χ3v) is 6.28. The van der Waals surface area contributed by atoms with Crippen LogP contribution in [0, 0.1) is 6.92 Å². The lowest BCUT2D eigenvalue weighted by Crippen LogP contribution is -2.51. The molecule has 5 heteroatoms. The summed E-state index contributed by atoms with van der Waals surface area (Å²) < 4.78 is 0. The Morgan fingerprint density at radius 2 is 1.57 bits per heavy atom. The number of nitrogens with zero attached hydrogens (tertiary/aromatic N) is 4. The van der Waals surface area contributed by atoms with Crippen molar-refractivity contribution in [3.8, 4) is 0 Å². The third kappa shape index (κ3) is 5.61. The molecule has 2 aliphatic rings. The molecule has 0 saturated carbocycles. The molecule has 1 amide bonds. The van der Waals surface area contributed by atoms with E-state index in [1.165, 1.54) is 16.8 Å². The minimum atomic E-state index is 0.290. The Labute approximate surface area is 180 Å². The van der Waals surface area contributed by atoms with Gasteiger partial charge < -0.3 is 9.80 Å². The predicted octanol–water partition coefficient (Wildman–Crippen LogP) is 2.85. The lowest BCUT2D eigenvalue weighted by molar-refractivity contribution is -0.134. The third-order valence-electron chi connectivity index (χ3n) is 6.28. The average molecular weight is 407 g/mol. The Morgan fingerprint density at radius 3 is 2.33 bits per heavy atom. The van der Waals surface area contributed by atoms with E-state index in [1.807, 2.05) is 0 Å². The quantitative estimate of drug-likeness (QED) is 0.764. The summed E-state index contributed by atoms with van der Waals surface area (Å²) in [5.74, 6) is 0.290. The molecule has 2 fully saturated rings. The molecule has 0 unspecified atom stereocenters. The van der Waals surface area contributed by atoms with Crippen molar-refractivity contribution in [1.29, 1.82) is 0 Å². The summed E-state index contributed by atoms with van der Waals surface area (Å²) in [7, 11) is 0. The first-order chi connectivity index (χ1) is 14.7. The lowest BCUT2D eigenvalue weighted by atomic mass is 10.1. The van der Waals surface area contributed by atoms with E-state index >= 15 is 0 Å². The van der Waals surface area contributed by atoms with Crippen molar-refractivity contribution in [2.45, 2.75) is 19.9 Å². The van der Waals surface area contributed by atoms with E-state index in [9.17, 15) is 4.79 Å². The number of hydrogen-bond acceptors (Lipinski definition) is 4. The number of anilines is 1. The molecule has 0 N–H and O–H groups in total. The number of rotatable bonds is 5. The van der Waals surface area contributed by atoms with Gasteiger partial charge in [0.2, 0.25) is 5.91 Å². The van der Waals surface area contributed by atoms with Crippen LogP contribution in [0.15, 0.2) is 54.6 Å². The van der Waals surface area contributed by atoms with Gasteiger partial charge in [-0.3, -0.25) is 14.6 Å². The van der Waals surface area contributed by atoms with Crippen molar-refractivity contribution >= 4 is 11.6 Å². The molecule has 2 aromatic rings. The summed E-state index contributed by atoms with van der Waals surface area (Å²) in [6.45, 7) is 11.3. The zero-order valence-corrected chi connectivity index (χ0v) is 18.2. The van der Waals surface area contributed by atoms with E-state index in [0.29, 0.717) is 12.5 Å². The Kier molecular flexibility index (Phi) is 7.03. The zero-order valence-electron chi connectivity index (χ0n) is 18.2. The molecule has 5 nitrogen and oxygen atoms in total. The average Bonchev–Trinajstić information content (AvgIpc) is 3.00. The monoisotopic (exact) mass is 406 g/mol. The van der Waals surface area contributed by atoms with E-state index in [2.05, 4.69) is 81.1 Å². The number of amides is 1. The highest BCUT2D eigenvalue weighted by Gasteiger charge is 2.24. The summed E-state index contributed by atoms with van der Waals surface area (Å²) in [6, 6.07) is 19.3. The molecule has 0 aromatic heterocycles. The number of benzene rings is 2. The van der Waals surface area contributed by atoms with E-state index in [4.69, 9.17) is 0 Å². The molecule has 2 saturated heterocycles. The molecule has 2 aromatic carbocycles. The van der Waals surface area contributed by atoms with E-state index < -0.39 is 0 Å². The van der Waals surface area contributed by atoms with Crippen LogP contribution in [-0.4, -0.2) is 79.5 Å². The predicted molar refractivity (Wildman–Crippen MR) is 123 cm³/mol. The van der Waals surface area contributed by atoms with Crippen LogP contribution in [0.3, 0.4) is 0 Å². The minimum Gasteiger partial charge on any atom is -0.370 e. The molecule has 2 heterocycles. The van der Waals surface area contributed by atoms with E-state index in [1.54, 1.807) is 0 Å². The van der Waals surface area contributed by atoms with Crippen LogP contribution in [0.1, 0.15) is 17.5 Å². The first-order valence-corrected chi connectivity index (χ1v) is 11.3. The minimum absolute atomic E-state index is 0.290. The van der Waals surface area contributed by atoms with Gasteiger partial charge in [-0.2, -0.15) is 0 Å². The Bertz CT molecular complexity index is 817. The van der Waals surface area contributed by atoms with Crippen LogP contribution in [0.2, 0.25) is 0 Å². The smallest absolute Gasteiger partial charge is 0.236 e. The SMILES string of the molecule is Cc1cccc(CN2CCN(C(=O)CN3CCCN(c4ccccc4)CC3)CC2)c1. The highest BCUT2D eigenvalue weighted by molar-refractivity contribution is 5.78. The zero-order chi connectivity index (χ0) is 20.8. The van der Waals surface area contributed by atoms with Crippen LogP contribution in [0.4, 0.5) is 5.69 Å². The highest BCUT2D eigenvalue weighted by Crippen LogP contribution is 2.16. The van der Waals surface area contributed by atoms with Crippen LogP contribution < -0.4 is 4.90 Å². The number of carbonyl (C=O) groups excluding carboxylic acids is 1. The van der Waals surface area contributed by atoms with Gasteiger partial charge >= 0.3 is 0 Å². The van der Waals surface area contributed by atoms with E-state index in [-0.39, 0.29) is 0 Å². The van der Waals surface area contributed by atoms with Gasteiger partial charge in [0.05, 0.1) is 6.54 Å². The summed E-state index contributed by atoms with van der Waals surface area (Å²) in [4.78, 5) is 22.2. The molecular weight excluding hydrogens is 372 g/mol. The maximum atomic E-state index is 12.9. The van der Waals surface area contributed by atoms with Gasteiger partial charge in [0.25, 0.3) is 0 Å². The molecule has 0 atom stereocenters. The van der Waals surface area contributed by atoms with Crippen molar-refractivity contribution in [2.75, 3.05) is 63.8 Å². The Hall–Kier alpha value is -2.37. The van der Waals surface area contributed by atoms with Crippen molar-refractivity contribution in [1.82, 2.24) is 14.7 Å². The normalized spacial score (nSPS) is 19.0. The molecule has 2 aliphatic heterocycles. The maximum Gasteiger partial charge on any atom is 0.236 e. The number of piperazine rings is 1. The molecule has 160 valence electrons. The summed E-state index contributed by atoms with van der Waals surface area (Å²) in [5.41, 5.74) is 3.96. The topological polar surface area (TPSA) is 30.0 Å².